The molecule has 0 aliphatic carbocycles. The lowest BCUT2D eigenvalue weighted by atomic mass is 10.1. The van der Waals surface area contributed by atoms with Crippen molar-refractivity contribution in [2.24, 2.45) is 0 Å². The van der Waals surface area contributed by atoms with Gasteiger partial charge in [0, 0.05) is 0 Å². The van der Waals surface area contributed by atoms with Crippen LogP contribution in [0.4, 0.5) is 0 Å². The third-order valence-corrected chi connectivity index (χ3v) is 3.22. The average molecular weight is 278 g/mol. The Bertz CT molecular complexity index is 437. The van der Waals surface area contributed by atoms with Crippen LogP contribution in [0.15, 0.2) is 22.3 Å². The number of ether oxygens (including phenoxy) is 1. The Labute approximate surface area is 118 Å². The van der Waals surface area contributed by atoms with Crippen molar-refractivity contribution in [1.82, 2.24) is 0 Å². The molecule has 0 unspecified atom stereocenters. The van der Waals surface area contributed by atoms with Crippen LogP contribution in [-0.2, 0) is 9.53 Å². The Balaban J connectivity index is 5.19. The number of hydrogen-bond donors (Lipinski definition) is 0. The van der Waals surface area contributed by atoms with Crippen LogP contribution in [0.25, 0.3) is 4.85 Å². The van der Waals surface area contributed by atoms with Crippen molar-refractivity contribution in [3.63, 3.8) is 0 Å². The summed E-state index contributed by atoms with van der Waals surface area (Å²) in [4.78, 5) is 15.0. The van der Waals surface area contributed by atoms with Gasteiger partial charge >= 0.3 is 5.97 Å². The first-order valence-electron chi connectivity index (χ1n) is 6.10. The van der Waals surface area contributed by atoms with E-state index in [1.165, 1.54) is 11.8 Å². The third kappa shape index (κ3) is 6.13. The molecule has 0 aliphatic heterocycles. The van der Waals surface area contributed by atoms with Crippen LogP contribution < -0.4 is 0 Å². The number of thioether (sulfide) groups is 1. The van der Waals surface area contributed by atoms with Crippen molar-refractivity contribution >= 4 is 17.7 Å². The number of unbranched alkanes of at least 4 members (excludes halogenated alkanes) is 1. The number of nitrogens with zero attached hydrogens (tertiary/aromatic N) is 2. The van der Waals surface area contributed by atoms with Crippen molar-refractivity contribution < 1.29 is 9.53 Å². The maximum atomic E-state index is 11.8. The Morgan fingerprint density at radius 2 is 2.21 bits per heavy atom. The average Bonchev–Trinajstić information content (AvgIpc) is 2.40. The summed E-state index contributed by atoms with van der Waals surface area (Å²) in [6.45, 7) is 12.6. The fourth-order valence-corrected chi connectivity index (χ4v) is 2.20. The normalized spacial score (nSPS) is 12.2. The topological polar surface area (TPSA) is 54.5 Å². The van der Waals surface area contributed by atoms with Gasteiger partial charge in [-0.25, -0.2) is 14.9 Å². The van der Waals surface area contributed by atoms with E-state index in [-0.39, 0.29) is 12.3 Å². The highest BCUT2D eigenvalue weighted by atomic mass is 32.2. The van der Waals surface area contributed by atoms with Crippen LogP contribution in [-0.4, -0.2) is 18.3 Å². The van der Waals surface area contributed by atoms with Crippen LogP contribution in [0, 0.1) is 17.9 Å². The van der Waals surface area contributed by atoms with Crippen molar-refractivity contribution in [2.75, 3.05) is 12.4 Å². The predicted octanol–water partition coefficient (Wildman–Crippen LogP) is 3.68. The summed E-state index contributed by atoms with van der Waals surface area (Å²) in [6, 6.07) is 1.80. The van der Waals surface area contributed by atoms with Crippen LogP contribution in [0.3, 0.4) is 0 Å². The van der Waals surface area contributed by atoms with Gasteiger partial charge in [-0.3, -0.25) is 0 Å². The zero-order valence-corrected chi connectivity index (χ0v) is 12.3. The lowest BCUT2D eigenvalue weighted by Gasteiger charge is -2.07. The summed E-state index contributed by atoms with van der Waals surface area (Å²) in [7, 11) is 0. The summed E-state index contributed by atoms with van der Waals surface area (Å²) in [5.74, 6) is 0.410. The Kier molecular flexibility index (Phi) is 9.30. The molecule has 0 N–H and O–H groups in total. The standard InChI is InChI=1S/C14H18N2O2S/c1-5-7-8-19-10-12(14(17)18-6-2)11(3)13(9-15)16-4/h10H,5-8H2,1-3H3/b12-10-,13-11-. The third-order valence-electron chi connectivity index (χ3n) is 2.29. The summed E-state index contributed by atoms with van der Waals surface area (Å²) < 4.78 is 4.95. The van der Waals surface area contributed by atoms with Gasteiger partial charge in [-0.1, -0.05) is 13.3 Å². The van der Waals surface area contributed by atoms with E-state index in [0.717, 1.165) is 18.6 Å². The van der Waals surface area contributed by atoms with E-state index in [4.69, 9.17) is 16.6 Å². The molecule has 0 saturated heterocycles. The number of carbonyl (C=O) groups excluding carboxylic acids is 1. The zero-order chi connectivity index (χ0) is 14.7. The number of esters is 1. The Morgan fingerprint density at radius 3 is 2.68 bits per heavy atom. The lowest BCUT2D eigenvalue weighted by molar-refractivity contribution is -0.138. The van der Waals surface area contributed by atoms with E-state index in [0.29, 0.717) is 11.1 Å². The van der Waals surface area contributed by atoms with Crippen molar-refractivity contribution in [1.29, 1.82) is 5.26 Å². The SMILES string of the molecule is [C-]#[N+]/C(C#N)=C(C)\C(=C\SCCCC)C(=O)OCC. The van der Waals surface area contributed by atoms with Crippen LogP contribution in [0.5, 0.6) is 0 Å². The molecule has 0 spiro atoms. The van der Waals surface area contributed by atoms with Gasteiger partial charge in [0.05, 0.1) is 24.8 Å². The number of carbonyl (C=O) groups is 1. The largest absolute Gasteiger partial charge is 0.462 e. The molecule has 5 heteroatoms. The predicted molar refractivity (Wildman–Crippen MR) is 77.0 cm³/mol. The summed E-state index contributed by atoms with van der Waals surface area (Å²) >= 11 is 1.50. The summed E-state index contributed by atoms with van der Waals surface area (Å²) in [5.41, 5.74) is 0.603. The highest BCUT2D eigenvalue weighted by Crippen LogP contribution is 2.21. The van der Waals surface area contributed by atoms with Crippen LogP contribution in [0.2, 0.25) is 0 Å². The van der Waals surface area contributed by atoms with Crippen LogP contribution in [0.1, 0.15) is 33.6 Å². The molecule has 0 radical (unpaired) electrons. The molecule has 0 bridgehead atoms. The molecule has 4 nitrogen and oxygen atoms in total. The zero-order valence-electron chi connectivity index (χ0n) is 11.5. The fraction of sp³-hybridized carbons (Fsp3) is 0.500. The summed E-state index contributed by atoms with van der Waals surface area (Å²) in [5, 5.41) is 10.5. The van der Waals surface area contributed by atoms with Crippen molar-refractivity contribution in [2.45, 2.75) is 33.6 Å². The molecule has 0 atom stereocenters. The van der Waals surface area contributed by atoms with Gasteiger partial charge < -0.3 is 4.74 Å². The van der Waals surface area contributed by atoms with E-state index in [2.05, 4.69) is 11.8 Å². The molecule has 0 fully saturated rings. The molecule has 0 aromatic carbocycles. The van der Waals surface area contributed by atoms with E-state index in [9.17, 15) is 4.79 Å². The molecular formula is C14H18N2O2S. The Morgan fingerprint density at radius 1 is 1.53 bits per heavy atom. The van der Waals surface area contributed by atoms with E-state index in [1.54, 1.807) is 25.3 Å². The molecule has 0 saturated carbocycles. The minimum absolute atomic E-state index is 0.0737. The number of nitriles is 1. The monoisotopic (exact) mass is 278 g/mol. The number of allylic oxidation sites excluding steroid dienone is 1. The minimum Gasteiger partial charge on any atom is -0.462 e. The number of hydrogen-bond acceptors (Lipinski definition) is 4. The summed E-state index contributed by atoms with van der Waals surface area (Å²) in [6.07, 6.45) is 2.13. The molecule has 0 rings (SSSR count). The van der Waals surface area contributed by atoms with Gasteiger partial charge in [0.15, 0.2) is 0 Å². The molecule has 0 aromatic rings. The van der Waals surface area contributed by atoms with E-state index < -0.39 is 5.97 Å². The van der Waals surface area contributed by atoms with E-state index in [1.807, 2.05) is 0 Å². The number of rotatable bonds is 7. The smallest absolute Gasteiger partial charge is 0.337 e. The van der Waals surface area contributed by atoms with Crippen LogP contribution >= 0.6 is 11.8 Å². The minimum atomic E-state index is -0.486. The molecule has 0 heterocycles. The first-order valence-corrected chi connectivity index (χ1v) is 7.14. The van der Waals surface area contributed by atoms with Gasteiger partial charge in [0.1, 0.15) is 0 Å². The first kappa shape index (κ1) is 17.3. The highest BCUT2D eigenvalue weighted by molar-refractivity contribution is 8.02. The second-order valence-corrected chi connectivity index (χ2v) is 4.65. The van der Waals surface area contributed by atoms with Gasteiger partial charge in [-0.05, 0) is 37.0 Å². The molecule has 0 aliphatic rings. The molecule has 0 aromatic heterocycles. The van der Waals surface area contributed by atoms with Crippen molar-refractivity contribution in [3.8, 4) is 6.07 Å². The maximum Gasteiger partial charge on any atom is 0.337 e. The second-order valence-electron chi connectivity index (χ2n) is 3.67. The Hall–Kier alpha value is -1.72. The van der Waals surface area contributed by atoms with E-state index >= 15 is 0 Å². The quantitative estimate of drug-likeness (QED) is 0.178. The maximum absolute atomic E-state index is 11.8. The van der Waals surface area contributed by atoms with Gasteiger partial charge in [0.25, 0.3) is 5.70 Å². The molecule has 19 heavy (non-hydrogen) atoms. The first-order chi connectivity index (χ1) is 9.12. The molecule has 0 amide bonds. The highest BCUT2D eigenvalue weighted by Gasteiger charge is 2.16. The lowest BCUT2D eigenvalue weighted by Crippen LogP contribution is -2.09. The fourth-order valence-electron chi connectivity index (χ4n) is 1.19. The molecular weight excluding hydrogens is 260 g/mol. The van der Waals surface area contributed by atoms with Gasteiger partial charge in [-0.2, -0.15) is 0 Å². The molecule has 102 valence electrons. The van der Waals surface area contributed by atoms with Crippen molar-refractivity contribution in [3.05, 3.63) is 33.7 Å². The second kappa shape index (κ2) is 10.2. The van der Waals surface area contributed by atoms with Gasteiger partial charge in [-0.15, -0.1) is 11.8 Å². The van der Waals surface area contributed by atoms with Gasteiger partial charge in [0.2, 0.25) is 0 Å².